The minimum Gasteiger partial charge on any atom is -0.492 e. The Morgan fingerprint density at radius 2 is 1.88 bits per heavy atom. The van der Waals surface area contributed by atoms with Gasteiger partial charge < -0.3 is 4.74 Å². The molecule has 4 nitrogen and oxygen atoms in total. The molecule has 0 radical (unpaired) electrons. The monoisotopic (exact) mass is 247 g/mol. The van der Waals surface area contributed by atoms with Gasteiger partial charge in [-0.2, -0.15) is 12.7 Å². The Bertz CT molecular complexity index is 430. The topological polar surface area (TPSA) is 46.6 Å². The van der Waals surface area contributed by atoms with Crippen molar-refractivity contribution in [1.82, 2.24) is 4.31 Å². The molecule has 0 saturated carbocycles. The summed E-state index contributed by atoms with van der Waals surface area (Å²) in [6, 6.07) is 7.31. The summed E-state index contributed by atoms with van der Waals surface area (Å²) >= 11 is 0. The molecule has 0 bridgehead atoms. The van der Waals surface area contributed by atoms with Gasteiger partial charge in [-0.05, 0) is 19.1 Å². The Kier molecular flexibility index (Phi) is 4.26. The maximum absolute atomic E-state index is 12.4. The highest BCUT2D eigenvalue weighted by atomic mass is 32.3. The summed E-state index contributed by atoms with van der Waals surface area (Å²) < 4.78 is 39.1. The first-order chi connectivity index (χ1) is 7.39. The first-order valence-electron chi connectivity index (χ1n) is 4.75. The second kappa shape index (κ2) is 5.27. The van der Waals surface area contributed by atoms with Crippen molar-refractivity contribution in [2.75, 3.05) is 20.2 Å². The molecule has 1 aromatic rings. The molecular formula is C10H14FNO3S. The smallest absolute Gasteiger partial charge is 0.374 e. The van der Waals surface area contributed by atoms with E-state index in [0.29, 0.717) is 10.1 Å². The van der Waals surface area contributed by atoms with Crippen LogP contribution in [0.4, 0.5) is 3.89 Å². The van der Waals surface area contributed by atoms with E-state index in [1.165, 1.54) is 0 Å². The molecule has 0 aliphatic carbocycles. The average Bonchev–Trinajstić information content (AvgIpc) is 2.19. The number of benzene rings is 1. The van der Waals surface area contributed by atoms with Gasteiger partial charge in [0, 0.05) is 13.6 Å². The molecule has 0 N–H and O–H groups in total. The van der Waals surface area contributed by atoms with Gasteiger partial charge in [-0.15, -0.1) is 0 Å². The number of halogens is 1. The van der Waals surface area contributed by atoms with Gasteiger partial charge in [0.1, 0.15) is 12.4 Å². The molecule has 0 aliphatic rings. The van der Waals surface area contributed by atoms with Crippen LogP contribution in [0.2, 0.25) is 0 Å². The van der Waals surface area contributed by atoms with E-state index in [4.69, 9.17) is 4.74 Å². The Labute approximate surface area is 95.0 Å². The van der Waals surface area contributed by atoms with E-state index in [1.807, 2.05) is 19.1 Å². The largest absolute Gasteiger partial charge is 0.492 e. The van der Waals surface area contributed by atoms with Crippen LogP contribution >= 0.6 is 0 Å². The fourth-order valence-corrected chi connectivity index (χ4v) is 1.33. The van der Waals surface area contributed by atoms with E-state index < -0.39 is 10.4 Å². The van der Waals surface area contributed by atoms with Crippen molar-refractivity contribution < 1.29 is 17.0 Å². The van der Waals surface area contributed by atoms with E-state index in [9.17, 15) is 12.3 Å². The summed E-state index contributed by atoms with van der Waals surface area (Å²) in [6.45, 7) is 2.04. The first kappa shape index (κ1) is 12.9. The van der Waals surface area contributed by atoms with Crippen molar-refractivity contribution >= 4 is 10.4 Å². The molecule has 0 aliphatic heterocycles. The molecule has 0 spiro atoms. The molecule has 6 heteroatoms. The minimum absolute atomic E-state index is 0.0211. The van der Waals surface area contributed by atoms with Gasteiger partial charge in [0.15, 0.2) is 0 Å². The van der Waals surface area contributed by atoms with Crippen molar-refractivity contribution in [3.05, 3.63) is 29.8 Å². The Morgan fingerprint density at radius 1 is 1.31 bits per heavy atom. The summed E-state index contributed by atoms with van der Waals surface area (Å²) in [5.41, 5.74) is 1.11. The number of hydrogen-bond donors (Lipinski definition) is 0. The Balaban J connectivity index is 2.39. The standard InChI is InChI=1S/C10H14FNO3S/c1-9-3-5-10(6-4-9)15-8-7-12(2)16(11,13)14/h3-6H,7-8H2,1-2H3. The zero-order chi connectivity index (χ0) is 12.2. The van der Waals surface area contributed by atoms with Crippen LogP contribution in [0.25, 0.3) is 0 Å². The molecule has 0 amide bonds. The first-order valence-corrected chi connectivity index (χ1v) is 6.09. The molecule has 0 aromatic heterocycles. The highest BCUT2D eigenvalue weighted by molar-refractivity contribution is 7.83. The van der Waals surface area contributed by atoms with Crippen molar-refractivity contribution in [3.63, 3.8) is 0 Å². The lowest BCUT2D eigenvalue weighted by molar-refractivity contribution is 0.282. The van der Waals surface area contributed by atoms with Crippen LogP contribution in [-0.4, -0.2) is 32.9 Å². The number of likely N-dealkylation sites (N-methyl/N-ethyl adjacent to an activating group) is 1. The zero-order valence-corrected chi connectivity index (χ0v) is 10.00. The molecule has 90 valence electrons. The molecule has 1 aromatic carbocycles. The average molecular weight is 247 g/mol. The SMILES string of the molecule is Cc1ccc(OCCN(C)S(=O)(=O)F)cc1. The lowest BCUT2D eigenvalue weighted by atomic mass is 10.2. The van der Waals surface area contributed by atoms with E-state index >= 15 is 0 Å². The summed E-state index contributed by atoms with van der Waals surface area (Å²) in [6.07, 6.45) is 0. The van der Waals surface area contributed by atoms with Crippen molar-refractivity contribution in [2.45, 2.75) is 6.92 Å². The van der Waals surface area contributed by atoms with Crippen LogP contribution in [0.1, 0.15) is 5.56 Å². The minimum atomic E-state index is -4.61. The Hall–Kier alpha value is -1.14. The number of nitrogens with zero attached hydrogens (tertiary/aromatic N) is 1. The molecular weight excluding hydrogens is 233 g/mol. The van der Waals surface area contributed by atoms with E-state index in [2.05, 4.69) is 0 Å². The summed E-state index contributed by atoms with van der Waals surface area (Å²) in [4.78, 5) is 0. The van der Waals surface area contributed by atoms with Gasteiger partial charge >= 0.3 is 10.4 Å². The van der Waals surface area contributed by atoms with Crippen LogP contribution in [0.3, 0.4) is 0 Å². The molecule has 0 saturated heterocycles. The Morgan fingerprint density at radius 3 is 2.38 bits per heavy atom. The predicted octanol–water partition coefficient (Wildman–Crippen LogP) is 1.52. The third-order valence-electron chi connectivity index (χ3n) is 2.07. The molecule has 0 fully saturated rings. The van der Waals surface area contributed by atoms with Crippen LogP contribution in [0.5, 0.6) is 5.75 Å². The number of aryl methyl sites for hydroxylation is 1. The molecule has 0 heterocycles. The zero-order valence-electron chi connectivity index (χ0n) is 9.18. The van der Waals surface area contributed by atoms with Gasteiger partial charge in [-0.3, -0.25) is 0 Å². The molecule has 16 heavy (non-hydrogen) atoms. The van der Waals surface area contributed by atoms with Gasteiger partial charge in [0.05, 0.1) is 0 Å². The third-order valence-corrected chi connectivity index (χ3v) is 3.00. The van der Waals surface area contributed by atoms with Crippen LogP contribution in [0.15, 0.2) is 24.3 Å². The number of ether oxygens (including phenoxy) is 1. The second-order valence-electron chi connectivity index (χ2n) is 3.43. The van der Waals surface area contributed by atoms with Gasteiger partial charge in [0.25, 0.3) is 0 Å². The lowest BCUT2D eigenvalue weighted by Gasteiger charge is -2.11. The third kappa shape index (κ3) is 4.16. The van der Waals surface area contributed by atoms with Crippen LogP contribution in [0, 0.1) is 6.92 Å². The highest BCUT2D eigenvalue weighted by Crippen LogP contribution is 2.11. The van der Waals surface area contributed by atoms with Crippen molar-refractivity contribution in [1.29, 1.82) is 0 Å². The summed E-state index contributed by atoms with van der Waals surface area (Å²) in [5.74, 6) is 0.634. The van der Waals surface area contributed by atoms with E-state index in [0.717, 1.165) is 12.6 Å². The molecule has 0 atom stereocenters. The van der Waals surface area contributed by atoms with Gasteiger partial charge in [-0.25, -0.2) is 0 Å². The predicted molar refractivity (Wildman–Crippen MR) is 59.3 cm³/mol. The van der Waals surface area contributed by atoms with Crippen LogP contribution < -0.4 is 4.74 Å². The highest BCUT2D eigenvalue weighted by Gasteiger charge is 2.14. The van der Waals surface area contributed by atoms with E-state index in [1.54, 1.807) is 12.1 Å². The number of hydrogen-bond acceptors (Lipinski definition) is 3. The fourth-order valence-electron chi connectivity index (χ4n) is 1.04. The molecule has 0 unspecified atom stereocenters. The second-order valence-corrected chi connectivity index (χ2v) is 4.87. The van der Waals surface area contributed by atoms with Crippen molar-refractivity contribution in [3.8, 4) is 5.75 Å². The van der Waals surface area contributed by atoms with Crippen LogP contribution in [-0.2, 0) is 10.4 Å². The summed E-state index contributed by atoms with van der Waals surface area (Å²) in [5, 5.41) is 0. The lowest BCUT2D eigenvalue weighted by Crippen LogP contribution is -2.27. The summed E-state index contributed by atoms with van der Waals surface area (Å²) in [7, 11) is -3.45. The number of rotatable bonds is 5. The maximum atomic E-state index is 12.4. The normalized spacial score (nSPS) is 11.8. The quantitative estimate of drug-likeness (QED) is 0.741. The van der Waals surface area contributed by atoms with Gasteiger partial charge in [-0.1, -0.05) is 21.6 Å². The van der Waals surface area contributed by atoms with Gasteiger partial charge in [0.2, 0.25) is 0 Å². The van der Waals surface area contributed by atoms with Crippen molar-refractivity contribution in [2.24, 2.45) is 0 Å². The molecule has 1 rings (SSSR count). The maximum Gasteiger partial charge on any atom is 0.374 e. The fraction of sp³-hybridized carbons (Fsp3) is 0.400. The van der Waals surface area contributed by atoms with E-state index in [-0.39, 0.29) is 13.2 Å².